The van der Waals surface area contributed by atoms with Crippen LogP contribution in [0.15, 0.2) is 17.1 Å². The Kier molecular flexibility index (Phi) is 2.66. The largest absolute Gasteiger partial charge is 0.422 e. The summed E-state index contributed by atoms with van der Waals surface area (Å²) in [6.45, 7) is 0. The fourth-order valence-corrected chi connectivity index (χ4v) is 1.16. The Labute approximate surface area is 76.3 Å². The van der Waals surface area contributed by atoms with Gasteiger partial charge >= 0.3 is 6.18 Å². The molecule has 72 valence electrons. The van der Waals surface area contributed by atoms with Crippen molar-refractivity contribution in [2.45, 2.75) is 12.1 Å². The van der Waals surface area contributed by atoms with Gasteiger partial charge in [0, 0.05) is 12.1 Å². The van der Waals surface area contributed by atoms with Gasteiger partial charge in [-0.3, -0.25) is 4.79 Å². The molecule has 0 aliphatic heterocycles. The first-order valence-electron chi connectivity index (χ1n) is 3.30. The lowest BCUT2D eigenvalue weighted by Gasteiger charge is -2.08. The zero-order chi connectivity index (χ0) is 10.1. The summed E-state index contributed by atoms with van der Waals surface area (Å²) in [4.78, 5) is 12.8. The number of hydrogen-bond acceptors (Lipinski definition) is 1. The van der Waals surface area contributed by atoms with E-state index in [0.717, 1.165) is 12.3 Å². The van der Waals surface area contributed by atoms with Crippen molar-refractivity contribution in [3.8, 4) is 0 Å². The van der Waals surface area contributed by atoms with Crippen LogP contribution in [0.25, 0.3) is 0 Å². The number of pyridine rings is 1. The number of rotatable bonds is 1. The van der Waals surface area contributed by atoms with Gasteiger partial charge in [0.25, 0.3) is 5.56 Å². The highest BCUT2D eigenvalue weighted by Crippen LogP contribution is 2.29. The van der Waals surface area contributed by atoms with Crippen LogP contribution in [-0.4, -0.2) is 4.98 Å². The van der Waals surface area contributed by atoms with Gasteiger partial charge in [0.2, 0.25) is 0 Å². The summed E-state index contributed by atoms with van der Waals surface area (Å²) < 4.78 is 36.7. The lowest BCUT2D eigenvalue weighted by Crippen LogP contribution is -2.23. The van der Waals surface area contributed by atoms with Crippen LogP contribution in [0.2, 0.25) is 0 Å². The molecule has 0 aliphatic carbocycles. The van der Waals surface area contributed by atoms with Gasteiger partial charge in [-0.1, -0.05) is 0 Å². The minimum absolute atomic E-state index is 0.210. The van der Waals surface area contributed by atoms with E-state index < -0.39 is 17.3 Å². The second-order valence-corrected chi connectivity index (χ2v) is 2.61. The third kappa shape index (κ3) is 2.03. The lowest BCUT2D eigenvalue weighted by molar-refractivity contribution is -0.139. The molecule has 0 saturated carbocycles. The number of halogens is 4. The Bertz CT molecular complexity index is 357. The molecule has 0 spiro atoms. The number of hydrogen-bond donors (Lipinski definition) is 1. The molecule has 0 aliphatic rings. The average molecular weight is 212 g/mol. The summed E-state index contributed by atoms with van der Waals surface area (Å²) in [6, 6.07) is 1.14. The number of nitrogens with one attached hydrogen (secondary N) is 1. The molecule has 2 nitrogen and oxygen atoms in total. The molecule has 1 heterocycles. The van der Waals surface area contributed by atoms with Crippen molar-refractivity contribution in [1.29, 1.82) is 0 Å². The van der Waals surface area contributed by atoms with E-state index in [4.69, 9.17) is 11.6 Å². The Morgan fingerprint density at radius 1 is 1.46 bits per heavy atom. The van der Waals surface area contributed by atoms with Crippen LogP contribution >= 0.6 is 11.6 Å². The monoisotopic (exact) mass is 211 g/mol. The van der Waals surface area contributed by atoms with Crippen LogP contribution in [0.4, 0.5) is 13.2 Å². The third-order valence-electron chi connectivity index (χ3n) is 1.47. The van der Waals surface area contributed by atoms with Crippen molar-refractivity contribution in [3.63, 3.8) is 0 Å². The Hall–Kier alpha value is -0.970. The van der Waals surface area contributed by atoms with Crippen LogP contribution in [0.3, 0.4) is 0 Å². The summed E-state index contributed by atoms with van der Waals surface area (Å²) in [5, 5.41) is 0. The van der Waals surface area contributed by atoms with Crippen molar-refractivity contribution in [1.82, 2.24) is 4.98 Å². The molecule has 1 rings (SSSR count). The molecule has 1 aromatic heterocycles. The molecule has 0 saturated heterocycles. The molecule has 1 aromatic rings. The number of aromatic amines is 1. The molecule has 6 heteroatoms. The van der Waals surface area contributed by atoms with Crippen LogP contribution in [-0.2, 0) is 12.1 Å². The topological polar surface area (TPSA) is 32.9 Å². The summed E-state index contributed by atoms with van der Waals surface area (Å²) in [6.07, 6.45) is -3.52. The van der Waals surface area contributed by atoms with Gasteiger partial charge in [-0.15, -0.1) is 11.6 Å². The highest BCUT2D eigenvalue weighted by atomic mass is 35.5. The van der Waals surface area contributed by atoms with Gasteiger partial charge in [-0.05, 0) is 11.6 Å². The van der Waals surface area contributed by atoms with Crippen molar-refractivity contribution in [2.24, 2.45) is 0 Å². The van der Waals surface area contributed by atoms with E-state index >= 15 is 0 Å². The van der Waals surface area contributed by atoms with Crippen molar-refractivity contribution in [3.05, 3.63) is 33.7 Å². The van der Waals surface area contributed by atoms with E-state index in [9.17, 15) is 18.0 Å². The fraction of sp³-hybridized carbons (Fsp3) is 0.286. The fourth-order valence-electron chi connectivity index (χ4n) is 0.941. The maximum absolute atomic E-state index is 12.2. The molecule has 0 atom stereocenters. The molecule has 0 unspecified atom stereocenters. The summed E-state index contributed by atoms with van der Waals surface area (Å²) in [5.74, 6) is -0.335. The van der Waals surface area contributed by atoms with Gasteiger partial charge in [-0.2, -0.15) is 13.2 Å². The van der Waals surface area contributed by atoms with Gasteiger partial charge in [0.1, 0.15) is 5.56 Å². The van der Waals surface area contributed by atoms with Crippen molar-refractivity contribution in [2.75, 3.05) is 0 Å². The van der Waals surface area contributed by atoms with Crippen LogP contribution in [0, 0.1) is 0 Å². The van der Waals surface area contributed by atoms with Crippen molar-refractivity contribution >= 4 is 11.6 Å². The molecular formula is C7H5ClF3NO. The predicted molar refractivity (Wildman–Crippen MR) is 41.6 cm³/mol. The van der Waals surface area contributed by atoms with Crippen LogP contribution in [0.1, 0.15) is 11.1 Å². The van der Waals surface area contributed by atoms with E-state index in [2.05, 4.69) is 0 Å². The standard InChI is InChI=1S/C7H5ClF3NO/c8-3-4-1-2-12-6(13)5(4)7(9,10)11/h1-2H,3H2,(H,12,13). The number of alkyl halides is 4. The molecule has 0 amide bonds. The minimum atomic E-state index is -4.65. The van der Waals surface area contributed by atoms with Gasteiger partial charge < -0.3 is 4.98 Å². The third-order valence-corrected chi connectivity index (χ3v) is 1.76. The molecule has 0 radical (unpaired) electrons. The Morgan fingerprint density at radius 2 is 2.08 bits per heavy atom. The first kappa shape index (κ1) is 10.1. The maximum Gasteiger partial charge on any atom is 0.422 e. The highest BCUT2D eigenvalue weighted by Gasteiger charge is 2.36. The average Bonchev–Trinajstić information content (AvgIpc) is 2.01. The minimum Gasteiger partial charge on any atom is -0.329 e. The Balaban J connectivity index is 3.41. The quantitative estimate of drug-likeness (QED) is 0.710. The van der Waals surface area contributed by atoms with Gasteiger partial charge in [-0.25, -0.2) is 0 Å². The summed E-state index contributed by atoms with van der Waals surface area (Å²) >= 11 is 5.26. The first-order chi connectivity index (χ1) is 5.96. The summed E-state index contributed by atoms with van der Waals surface area (Å²) in [7, 11) is 0. The van der Waals surface area contributed by atoms with E-state index in [0.29, 0.717) is 0 Å². The van der Waals surface area contributed by atoms with E-state index in [1.54, 1.807) is 0 Å². The number of aromatic nitrogens is 1. The lowest BCUT2D eigenvalue weighted by atomic mass is 10.1. The maximum atomic E-state index is 12.2. The first-order valence-corrected chi connectivity index (χ1v) is 3.84. The summed E-state index contributed by atoms with van der Waals surface area (Å²) in [5.41, 5.74) is -2.59. The molecule has 0 fully saturated rings. The van der Waals surface area contributed by atoms with Crippen LogP contribution in [0.5, 0.6) is 0 Å². The predicted octanol–water partition coefficient (Wildman–Crippen LogP) is 2.13. The molecule has 1 N–H and O–H groups in total. The zero-order valence-corrected chi connectivity index (χ0v) is 7.04. The van der Waals surface area contributed by atoms with Crippen molar-refractivity contribution < 1.29 is 13.2 Å². The van der Waals surface area contributed by atoms with E-state index in [1.165, 1.54) is 0 Å². The van der Waals surface area contributed by atoms with Crippen LogP contribution < -0.4 is 5.56 Å². The van der Waals surface area contributed by atoms with Gasteiger partial charge in [0.05, 0.1) is 0 Å². The van der Waals surface area contributed by atoms with E-state index in [1.807, 2.05) is 4.98 Å². The molecule has 0 aromatic carbocycles. The highest BCUT2D eigenvalue weighted by molar-refractivity contribution is 6.17. The van der Waals surface area contributed by atoms with Gasteiger partial charge in [0.15, 0.2) is 0 Å². The normalized spacial score (nSPS) is 11.7. The van der Waals surface area contributed by atoms with E-state index in [-0.39, 0.29) is 11.4 Å². The Morgan fingerprint density at radius 3 is 2.46 bits per heavy atom. The smallest absolute Gasteiger partial charge is 0.329 e. The molecular weight excluding hydrogens is 207 g/mol. The zero-order valence-electron chi connectivity index (χ0n) is 6.28. The molecule has 0 bridgehead atoms. The number of H-pyrrole nitrogens is 1. The molecule has 13 heavy (non-hydrogen) atoms. The second kappa shape index (κ2) is 3.41. The second-order valence-electron chi connectivity index (χ2n) is 2.34. The SMILES string of the molecule is O=c1[nH]ccc(CCl)c1C(F)(F)F.